The van der Waals surface area contributed by atoms with E-state index in [0.29, 0.717) is 0 Å². The normalized spacial score (nSPS) is 12.0. The third kappa shape index (κ3) is 4.62. The zero-order valence-electron chi connectivity index (χ0n) is 14.5. The van der Waals surface area contributed by atoms with Crippen LogP contribution in [0.1, 0.15) is 29.7 Å². The number of carbonyl (C=O) groups excluding carboxylic acids is 1. The van der Waals surface area contributed by atoms with Crippen molar-refractivity contribution in [2.24, 2.45) is 0 Å². The molecule has 0 spiro atoms. The second-order valence-corrected chi connectivity index (χ2v) is 5.58. The first-order valence-electron chi connectivity index (χ1n) is 7.80. The Kier molecular flexibility index (Phi) is 6.01. The van der Waals surface area contributed by atoms with E-state index >= 15 is 0 Å². The molecule has 1 amide bonds. The summed E-state index contributed by atoms with van der Waals surface area (Å²) in [5, 5.41) is 2.96. The maximum Gasteiger partial charge on any atom is 0.244 e. The van der Waals surface area contributed by atoms with E-state index in [1.165, 1.54) is 6.08 Å². The van der Waals surface area contributed by atoms with Crippen LogP contribution in [0.3, 0.4) is 0 Å². The van der Waals surface area contributed by atoms with Gasteiger partial charge in [0.05, 0.1) is 20.3 Å². The topological polar surface area (TPSA) is 47.6 Å². The van der Waals surface area contributed by atoms with Crippen LogP contribution in [-0.4, -0.2) is 20.1 Å². The molecule has 126 valence electrons. The second-order valence-electron chi connectivity index (χ2n) is 5.58. The highest BCUT2D eigenvalue weighted by atomic mass is 16.5. The standard InChI is InChI=1S/C20H23NO3/c1-14-5-11-19(24-4)18(13-14)15(2)21-20(22)12-8-16-6-9-17(23-3)10-7-16/h5-13,15H,1-4H3,(H,21,22)/b12-8+/t15-/m1/s1. The van der Waals surface area contributed by atoms with Crippen molar-refractivity contribution in [2.75, 3.05) is 14.2 Å². The molecule has 2 aromatic carbocycles. The molecule has 2 rings (SSSR count). The molecule has 0 aliphatic carbocycles. The van der Waals surface area contributed by atoms with E-state index in [-0.39, 0.29) is 11.9 Å². The molecule has 2 aromatic rings. The quantitative estimate of drug-likeness (QED) is 0.819. The van der Waals surface area contributed by atoms with Gasteiger partial charge in [-0.25, -0.2) is 0 Å². The smallest absolute Gasteiger partial charge is 0.244 e. The van der Waals surface area contributed by atoms with E-state index in [9.17, 15) is 4.79 Å². The highest BCUT2D eigenvalue weighted by Crippen LogP contribution is 2.26. The van der Waals surface area contributed by atoms with E-state index < -0.39 is 0 Å². The Bertz CT molecular complexity index is 720. The number of hydrogen-bond acceptors (Lipinski definition) is 3. The van der Waals surface area contributed by atoms with Gasteiger partial charge >= 0.3 is 0 Å². The van der Waals surface area contributed by atoms with Crippen LogP contribution in [0.4, 0.5) is 0 Å². The van der Waals surface area contributed by atoms with Crippen molar-refractivity contribution in [3.63, 3.8) is 0 Å². The molecule has 0 fully saturated rings. The first-order valence-corrected chi connectivity index (χ1v) is 7.80. The summed E-state index contributed by atoms with van der Waals surface area (Å²) in [7, 11) is 3.26. The SMILES string of the molecule is COc1ccc(/C=C/C(=O)N[C@H](C)c2cc(C)ccc2OC)cc1. The fourth-order valence-electron chi connectivity index (χ4n) is 2.42. The molecule has 0 heterocycles. The van der Waals surface area contributed by atoms with Gasteiger partial charge in [0.1, 0.15) is 11.5 Å². The highest BCUT2D eigenvalue weighted by molar-refractivity contribution is 5.92. The Hall–Kier alpha value is -2.75. The molecule has 1 N–H and O–H groups in total. The first kappa shape index (κ1) is 17.6. The summed E-state index contributed by atoms with van der Waals surface area (Å²) in [5.41, 5.74) is 3.02. The van der Waals surface area contributed by atoms with Gasteiger partial charge in [0.2, 0.25) is 5.91 Å². The van der Waals surface area contributed by atoms with Gasteiger partial charge in [-0.2, -0.15) is 0 Å². The molecule has 4 heteroatoms. The lowest BCUT2D eigenvalue weighted by Gasteiger charge is -2.17. The maximum absolute atomic E-state index is 12.1. The number of ether oxygens (including phenoxy) is 2. The van der Waals surface area contributed by atoms with Crippen molar-refractivity contribution in [3.8, 4) is 11.5 Å². The highest BCUT2D eigenvalue weighted by Gasteiger charge is 2.13. The monoisotopic (exact) mass is 325 g/mol. The number of amides is 1. The van der Waals surface area contributed by atoms with Gasteiger partial charge in [0.25, 0.3) is 0 Å². The minimum atomic E-state index is -0.151. The van der Waals surface area contributed by atoms with Gasteiger partial charge in [-0.05, 0) is 43.7 Å². The van der Waals surface area contributed by atoms with E-state index in [2.05, 4.69) is 5.32 Å². The Morgan fingerprint density at radius 3 is 2.42 bits per heavy atom. The Morgan fingerprint density at radius 2 is 1.79 bits per heavy atom. The zero-order chi connectivity index (χ0) is 17.5. The largest absolute Gasteiger partial charge is 0.497 e. The van der Waals surface area contributed by atoms with Crippen LogP contribution in [0.15, 0.2) is 48.5 Å². The van der Waals surface area contributed by atoms with E-state index in [1.807, 2.05) is 56.3 Å². The Labute approximate surface area is 143 Å². The fourth-order valence-corrected chi connectivity index (χ4v) is 2.42. The number of aryl methyl sites for hydroxylation is 1. The number of nitrogens with one attached hydrogen (secondary N) is 1. The second kappa shape index (κ2) is 8.20. The fraction of sp³-hybridized carbons (Fsp3) is 0.250. The lowest BCUT2D eigenvalue weighted by molar-refractivity contribution is -0.117. The van der Waals surface area contributed by atoms with Gasteiger partial charge in [-0.15, -0.1) is 0 Å². The molecule has 0 bridgehead atoms. The third-order valence-electron chi connectivity index (χ3n) is 3.75. The number of methoxy groups -OCH3 is 2. The van der Waals surface area contributed by atoms with Crippen LogP contribution >= 0.6 is 0 Å². The molecular formula is C20H23NO3. The molecule has 0 saturated carbocycles. The third-order valence-corrected chi connectivity index (χ3v) is 3.75. The molecule has 4 nitrogen and oxygen atoms in total. The van der Waals surface area contributed by atoms with Gasteiger partial charge in [-0.3, -0.25) is 4.79 Å². The number of benzene rings is 2. The molecule has 0 aromatic heterocycles. The number of hydrogen-bond donors (Lipinski definition) is 1. The van der Waals surface area contributed by atoms with Gasteiger partial charge in [-0.1, -0.05) is 29.8 Å². The summed E-state index contributed by atoms with van der Waals surface area (Å²) in [5.74, 6) is 1.41. The summed E-state index contributed by atoms with van der Waals surface area (Å²) in [6, 6.07) is 13.3. The summed E-state index contributed by atoms with van der Waals surface area (Å²) < 4.78 is 10.5. The molecular weight excluding hydrogens is 302 g/mol. The van der Waals surface area contributed by atoms with Crippen molar-refractivity contribution in [1.29, 1.82) is 0 Å². The van der Waals surface area contributed by atoms with Crippen LogP contribution in [0.2, 0.25) is 0 Å². The van der Waals surface area contributed by atoms with Crippen LogP contribution in [0.25, 0.3) is 6.08 Å². The predicted octanol–water partition coefficient (Wildman–Crippen LogP) is 3.90. The number of carbonyl (C=O) groups is 1. The van der Waals surface area contributed by atoms with Crippen LogP contribution in [-0.2, 0) is 4.79 Å². The molecule has 0 saturated heterocycles. The molecule has 24 heavy (non-hydrogen) atoms. The summed E-state index contributed by atoms with van der Waals surface area (Å²) >= 11 is 0. The van der Waals surface area contributed by atoms with E-state index in [1.54, 1.807) is 20.3 Å². The predicted molar refractivity (Wildman–Crippen MR) is 96.3 cm³/mol. The molecule has 0 unspecified atom stereocenters. The van der Waals surface area contributed by atoms with Crippen LogP contribution in [0.5, 0.6) is 11.5 Å². The maximum atomic E-state index is 12.1. The van der Waals surface area contributed by atoms with E-state index in [0.717, 1.165) is 28.2 Å². The molecule has 0 aliphatic heterocycles. The zero-order valence-corrected chi connectivity index (χ0v) is 14.5. The van der Waals surface area contributed by atoms with Crippen molar-refractivity contribution in [3.05, 3.63) is 65.2 Å². The lowest BCUT2D eigenvalue weighted by atomic mass is 10.0. The first-order chi connectivity index (χ1) is 11.5. The van der Waals surface area contributed by atoms with Gasteiger partial charge in [0.15, 0.2) is 0 Å². The molecule has 0 radical (unpaired) electrons. The summed E-state index contributed by atoms with van der Waals surface area (Å²) in [4.78, 5) is 12.1. The Balaban J connectivity index is 2.03. The van der Waals surface area contributed by atoms with Crippen molar-refractivity contribution >= 4 is 12.0 Å². The minimum absolute atomic E-state index is 0.145. The minimum Gasteiger partial charge on any atom is -0.497 e. The Morgan fingerprint density at radius 1 is 1.08 bits per heavy atom. The summed E-state index contributed by atoms with van der Waals surface area (Å²) in [6.45, 7) is 3.96. The lowest BCUT2D eigenvalue weighted by Crippen LogP contribution is -2.25. The van der Waals surface area contributed by atoms with Crippen molar-refractivity contribution in [2.45, 2.75) is 19.9 Å². The average Bonchev–Trinajstić information content (AvgIpc) is 2.60. The van der Waals surface area contributed by atoms with Gasteiger partial charge < -0.3 is 14.8 Å². The number of rotatable bonds is 6. The molecule has 1 atom stereocenters. The summed E-state index contributed by atoms with van der Waals surface area (Å²) in [6.07, 6.45) is 3.30. The van der Waals surface area contributed by atoms with Crippen molar-refractivity contribution < 1.29 is 14.3 Å². The van der Waals surface area contributed by atoms with Crippen LogP contribution < -0.4 is 14.8 Å². The van der Waals surface area contributed by atoms with Crippen LogP contribution in [0, 0.1) is 6.92 Å². The van der Waals surface area contributed by atoms with Crippen molar-refractivity contribution in [1.82, 2.24) is 5.32 Å². The average molecular weight is 325 g/mol. The van der Waals surface area contributed by atoms with Gasteiger partial charge in [0, 0.05) is 11.6 Å². The molecule has 0 aliphatic rings. The van der Waals surface area contributed by atoms with E-state index in [4.69, 9.17) is 9.47 Å².